The number of piperidine rings is 1. The SMILES string of the molecule is CCCCOc1ccc2c(C(=O)c3ccc(OCCN4CCCCC4)cc3)c(OS(=O)(=O)C(F)(F)F)ccc2c1. The van der Waals surface area contributed by atoms with Gasteiger partial charge >= 0.3 is 15.6 Å². The van der Waals surface area contributed by atoms with Crippen LogP contribution in [0.2, 0.25) is 0 Å². The second kappa shape index (κ2) is 12.9. The van der Waals surface area contributed by atoms with Crippen molar-refractivity contribution in [3.05, 3.63) is 65.7 Å². The van der Waals surface area contributed by atoms with Gasteiger partial charge in [-0.25, -0.2) is 0 Å². The van der Waals surface area contributed by atoms with Crippen LogP contribution in [0.5, 0.6) is 17.2 Å². The molecule has 0 radical (unpaired) electrons. The van der Waals surface area contributed by atoms with Crippen molar-refractivity contribution in [3.8, 4) is 17.2 Å². The van der Waals surface area contributed by atoms with Crippen molar-refractivity contribution in [2.24, 2.45) is 0 Å². The van der Waals surface area contributed by atoms with Crippen molar-refractivity contribution in [1.82, 2.24) is 4.90 Å². The average molecular weight is 580 g/mol. The smallest absolute Gasteiger partial charge is 0.494 e. The molecule has 0 saturated carbocycles. The van der Waals surface area contributed by atoms with Crippen LogP contribution in [0.1, 0.15) is 54.9 Å². The number of rotatable bonds is 12. The first kappa shape index (κ1) is 29.7. The number of hydrogen-bond donors (Lipinski definition) is 0. The number of fused-ring (bicyclic) bond motifs is 1. The van der Waals surface area contributed by atoms with E-state index in [0.717, 1.165) is 38.5 Å². The summed E-state index contributed by atoms with van der Waals surface area (Å²) in [4.78, 5) is 15.9. The van der Waals surface area contributed by atoms with Crippen LogP contribution in [-0.2, 0) is 10.1 Å². The summed E-state index contributed by atoms with van der Waals surface area (Å²) in [6.07, 6.45) is 5.36. The molecule has 3 aromatic rings. The Bertz CT molecular complexity index is 1420. The largest absolute Gasteiger partial charge is 0.534 e. The number of carbonyl (C=O) groups excluding carboxylic acids is 1. The Morgan fingerprint density at radius 2 is 1.57 bits per heavy atom. The van der Waals surface area contributed by atoms with Gasteiger partial charge in [0.15, 0.2) is 11.5 Å². The van der Waals surface area contributed by atoms with Crippen LogP contribution >= 0.6 is 0 Å². The third kappa shape index (κ3) is 7.25. The topological polar surface area (TPSA) is 82.1 Å². The summed E-state index contributed by atoms with van der Waals surface area (Å²) in [6.45, 7) is 5.85. The summed E-state index contributed by atoms with van der Waals surface area (Å²) in [5.74, 6) is -0.354. The predicted molar refractivity (Wildman–Crippen MR) is 146 cm³/mol. The molecule has 1 heterocycles. The highest BCUT2D eigenvalue weighted by Gasteiger charge is 2.49. The minimum atomic E-state index is -6.01. The highest BCUT2D eigenvalue weighted by molar-refractivity contribution is 7.88. The van der Waals surface area contributed by atoms with Gasteiger partial charge in [-0.2, -0.15) is 21.6 Å². The molecule has 0 bridgehead atoms. The van der Waals surface area contributed by atoms with Crippen molar-refractivity contribution >= 4 is 26.7 Å². The van der Waals surface area contributed by atoms with E-state index in [4.69, 9.17) is 9.47 Å². The molecule has 7 nitrogen and oxygen atoms in total. The Kier molecular flexibility index (Phi) is 9.57. The number of unbranched alkanes of at least 4 members (excludes halogenated alkanes) is 1. The molecule has 1 fully saturated rings. The number of nitrogens with zero attached hydrogens (tertiary/aromatic N) is 1. The number of carbonyl (C=O) groups is 1. The van der Waals surface area contributed by atoms with Crippen molar-refractivity contribution in [3.63, 3.8) is 0 Å². The molecule has 0 spiro atoms. The summed E-state index contributed by atoms with van der Waals surface area (Å²) < 4.78 is 79.0. The number of hydrogen-bond acceptors (Lipinski definition) is 7. The third-order valence-electron chi connectivity index (χ3n) is 6.67. The van der Waals surface area contributed by atoms with E-state index < -0.39 is 27.2 Å². The fraction of sp³-hybridized carbons (Fsp3) is 0.414. The number of alkyl halides is 3. The first-order chi connectivity index (χ1) is 19.1. The maximum Gasteiger partial charge on any atom is 0.534 e. The van der Waals surface area contributed by atoms with Gasteiger partial charge in [0.25, 0.3) is 0 Å². The summed E-state index contributed by atoms with van der Waals surface area (Å²) in [5.41, 5.74) is -5.83. The number of likely N-dealkylation sites (tertiary alicyclic amines) is 1. The van der Waals surface area contributed by atoms with Crippen molar-refractivity contribution < 1.29 is 40.0 Å². The Balaban J connectivity index is 1.61. The Morgan fingerprint density at radius 1 is 0.900 bits per heavy atom. The molecule has 0 aliphatic carbocycles. The van der Waals surface area contributed by atoms with E-state index in [1.807, 2.05) is 6.92 Å². The molecule has 1 aliphatic rings. The first-order valence-corrected chi connectivity index (χ1v) is 14.7. The molecule has 0 N–H and O–H groups in total. The van der Waals surface area contributed by atoms with E-state index in [9.17, 15) is 26.4 Å². The normalized spacial score (nSPS) is 14.7. The number of halogens is 3. The second-order valence-corrected chi connectivity index (χ2v) is 11.1. The fourth-order valence-electron chi connectivity index (χ4n) is 4.50. The lowest BCUT2D eigenvalue weighted by Gasteiger charge is -2.26. The van der Waals surface area contributed by atoms with Gasteiger partial charge in [-0.3, -0.25) is 9.69 Å². The summed E-state index contributed by atoms with van der Waals surface area (Å²) in [6, 6.07) is 13.3. The standard InChI is InChI=1S/C29H32F3NO6S/c1-2-3-18-37-24-12-13-25-22(20-24)9-14-26(39-40(35,36)29(30,31)32)27(25)28(34)21-7-10-23(11-8-21)38-19-17-33-15-5-4-6-16-33/h7-14,20H,2-6,15-19H2,1H3. The quantitative estimate of drug-likeness (QED) is 0.107. The second-order valence-electron chi connectivity index (χ2n) is 9.61. The monoisotopic (exact) mass is 579 g/mol. The van der Waals surface area contributed by atoms with E-state index >= 15 is 0 Å². The van der Waals surface area contributed by atoms with Crippen molar-refractivity contribution in [1.29, 1.82) is 0 Å². The highest BCUT2D eigenvalue weighted by atomic mass is 32.2. The van der Waals surface area contributed by atoms with Gasteiger partial charge in [-0.05, 0) is 91.7 Å². The van der Waals surface area contributed by atoms with Crippen molar-refractivity contribution in [2.75, 3.05) is 32.8 Å². The molecule has 4 rings (SSSR count). The lowest BCUT2D eigenvalue weighted by atomic mass is 9.96. The Morgan fingerprint density at radius 3 is 2.25 bits per heavy atom. The molecule has 1 aliphatic heterocycles. The molecule has 0 atom stereocenters. The molecular formula is C29H32F3NO6S. The van der Waals surface area contributed by atoms with Gasteiger partial charge in [-0.15, -0.1) is 0 Å². The molecule has 3 aromatic carbocycles. The summed E-state index contributed by atoms with van der Waals surface area (Å²) in [5, 5.41) is 0.705. The zero-order valence-corrected chi connectivity index (χ0v) is 23.0. The fourth-order valence-corrected chi connectivity index (χ4v) is 4.97. The van der Waals surface area contributed by atoms with Gasteiger partial charge in [0, 0.05) is 12.1 Å². The predicted octanol–water partition coefficient (Wildman–Crippen LogP) is 6.34. The molecule has 216 valence electrons. The van der Waals surface area contributed by atoms with Gasteiger partial charge in [0.05, 0.1) is 12.2 Å². The minimum Gasteiger partial charge on any atom is -0.494 e. The van der Waals surface area contributed by atoms with E-state index in [0.29, 0.717) is 30.1 Å². The summed E-state index contributed by atoms with van der Waals surface area (Å²) >= 11 is 0. The maximum atomic E-state index is 13.6. The lowest BCUT2D eigenvalue weighted by molar-refractivity contribution is -0.0500. The van der Waals surface area contributed by atoms with Crippen LogP contribution in [0.3, 0.4) is 0 Å². The Hall–Kier alpha value is -3.31. The van der Waals surface area contributed by atoms with Gasteiger partial charge in [-0.1, -0.05) is 25.8 Å². The molecule has 11 heteroatoms. The van der Waals surface area contributed by atoms with Gasteiger partial charge in [0.1, 0.15) is 18.1 Å². The lowest BCUT2D eigenvalue weighted by Crippen LogP contribution is -2.33. The highest BCUT2D eigenvalue weighted by Crippen LogP contribution is 2.36. The first-order valence-electron chi connectivity index (χ1n) is 13.3. The van der Waals surface area contributed by atoms with Crippen LogP contribution in [0.15, 0.2) is 54.6 Å². The Labute approximate surface area is 232 Å². The number of ether oxygens (including phenoxy) is 2. The average Bonchev–Trinajstić information content (AvgIpc) is 2.93. The molecule has 0 unspecified atom stereocenters. The van der Waals surface area contributed by atoms with E-state index in [2.05, 4.69) is 9.08 Å². The number of benzene rings is 3. The van der Waals surface area contributed by atoms with Crippen LogP contribution < -0.4 is 13.7 Å². The molecular weight excluding hydrogens is 547 g/mol. The molecule has 0 aromatic heterocycles. The van der Waals surface area contributed by atoms with Crippen molar-refractivity contribution in [2.45, 2.75) is 44.5 Å². The van der Waals surface area contributed by atoms with E-state index in [1.165, 1.54) is 43.5 Å². The van der Waals surface area contributed by atoms with Gasteiger partial charge in [0.2, 0.25) is 0 Å². The zero-order chi connectivity index (χ0) is 28.8. The number of ketones is 1. The van der Waals surface area contributed by atoms with Crippen LogP contribution in [0.4, 0.5) is 13.2 Å². The zero-order valence-electron chi connectivity index (χ0n) is 22.2. The third-order valence-corrected chi connectivity index (χ3v) is 7.64. The van der Waals surface area contributed by atoms with E-state index in [-0.39, 0.29) is 16.5 Å². The molecule has 1 saturated heterocycles. The van der Waals surface area contributed by atoms with Crippen LogP contribution in [0, 0.1) is 0 Å². The van der Waals surface area contributed by atoms with Crippen LogP contribution in [-0.4, -0.2) is 57.5 Å². The van der Waals surface area contributed by atoms with E-state index in [1.54, 1.807) is 24.3 Å². The maximum absolute atomic E-state index is 13.6. The van der Waals surface area contributed by atoms with Crippen LogP contribution in [0.25, 0.3) is 10.8 Å². The summed E-state index contributed by atoms with van der Waals surface area (Å²) in [7, 11) is -6.01. The molecule has 0 amide bonds. The molecule has 40 heavy (non-hydrogen) atoms. The van der Waals surface area contributed by atoms with Gasteiger partial charge < -0.3 is 13.7 Å². The minimum absolute atomic E-state index is 0.133.